The quantitative estimate of drug-likeness (QED) is 0.833. The van der Waals surface area contributed by atoms with E-state index in [4.69, 9.17) is 0 Å². The molecule has 1 saturated heterocycles. The molecule has 1 N–H and O–H groups in total. The van der Waals surface area contributed by atoms with E-state index in [9.17, 15) is 8.42 Å². The number of nitrogens with one attached hydrogen (secondary N) is 1. The van der Waals surface area contributed by atoms with Crippen LogP contribution in [0, 0.1) is 0 Å². The van der Waals surface area contributed by atoms with Crippen molar-refractivity contribution in [3.05, 3.63) is 35.9 Å². The molecule has 2 rings (SSSR count). The lowest BCUT2D eigenvalue weighted by molar-refractivity contribution is 0.582. The van der Waals surface area contributed by atoms with Crippen LogP contribution >= 0.6 is 0 Å². The largest absolute Gasteiger partial charge is 0.315 e. The van der Waals surface area contributed by atoms with Gasteiger partial charge in [0, 0.05) is 6.54 Å². The Kier molecular flexibility index (Phi) is 3.07. The zero-order valence-corrected chi connectivity index (χ0v) is 9.33. The van der Waals surface area contributed by atoms with Gasteiger partial charge in [0.15, 0.2) is 9.84 Å². The van der Waals surface area contributed by atoms with Crippen LogP contribution in [0.4, 0.5) is 0 Å². The smallest absolute Gasteiger partial charge is 0.158 e. The molecular formula is C11H15NO2S. The molecular weight excluding hydrogens is 210 g/mol. The summed E-state index contributed by atoms with van der Waals surface area (Å²) in [6.45, 7) is 1.42. The molecule has 82 valence electrons. The first-order valence-corrected chi connectivity index (χ1v) is 6.86. The van der Waals surface area contributed by atoms with Gasteiger partial charge in [-0.25, -0.2) is 8.42 Å². The first kappa shape index (κ1) is 10.6. The Hall–Kier alpha value is -0.870. The average molecular weight is 225 g/mol. The van der Waals surface area contributed by atoms with E-state index < -0.39 is 9.84 Å². The van der Waals surface area contributed by atoms with Crippen LogP contribution in [-0.4, -0.2) is 26.8 Å². The zero-order valence-electron chi connectivity index (χ0n) is 8.52. The third-order valence-electron chi connectivity index (χ3n) is 2.73. The number of rotatable bonds is 3. The average Bonchev–Trinajstić information content (AvgIpc) is 2.71. The third kappa shape index (κ3) is 2.58. The summed E-state index contributed by atoms with van der Waals surface area (Å²) in [6, 6.07) is 9.36. The van der Waals surface area contributed by atoms with Crippen LogP contribution < -0.4 is 5.32 Å². The van der Waals surface area contributed by atoms with Crippen LogP contribution in [-0.2, 0) is 15.6 Å². The second-order valence-electron chi connectivity index (χ2n) is 3.91. The van der Waals surface area contributed by atoms with E-state index in [0.717, 1.165) is 18.5 Å². The van der Waals surface area contributed by atoms with Crippen molar-refractivity contribution < 1.29 is 8.42 Å². The monoisotopic (exact) mass is 225 g/mol. The molecule has 0 unspecified atom stereocenters. The molecule has 1 aromatic rings. The number of hydrogen-bond donors (Lipinski definition) is 1. The highest BCUT2D eigenvalue weighted by atomic mass is 32.2. The minimum Gasteiger partial charge on any atom is -0.315 e. The zero-order chi connectivity index (χ0) is 10.7. The van der Waals surface area contributed by atoms with E-state index in [0.29, 0.717) is 6.54 Å². The summed E-state index contributed by atoms with van der Waals surface area (Å²) in [4.78, 5) is 0. The lowest BCUT2D eigenvalue weighted by Gasteiger charge is -2.10. The molecule has 1 atom stereocenters. The first-order valence-electron chi connectivity index (χ1n) is 5.15. The topological polar surface area (TPSA) is 46.2 Å². The van der Waals surface area contributed by atoms with Crippen molar-refractivity contribution in [2.75, 3.05) is 13.1 Å². The second-order valence-corrected chi connectivity index (χ2v) is 6.19. The van der Waals surface area contributed by atoms with Crippen LogP contribution in [0.15, 0.2) is 30.3 Å². The first-order chi connectivity index (χ1) is 7.18. The standard InChI is InChI=1S/C11H15NO2S/c13-15(14,11-6-7-12-8-11)9-10-4-2-1-3-5-10/h1-5,11-12H,6-9H2/t11-/m1/s1. The highest BCUT2D eigenvalue weighted by Gasteiger charge is 2.28. The van der Waals surface area contributed by atoms with Gasteiger partial charge in [0.05, 0.1) is 11.0 Å². The fourth-order valence-electron chi connectivity index (χ4n) is 1.86. The molecule has 0 saturated carbocycles. The maximum Gasteiger partial charge on any atom is 0.158 e. The molecule has 1 aromatic carbocycles. The predicted octanol–water partition coefficient (Wildman–Crippen LogP) is 0.963. The number of hydrogen-bond acceptors (Lipinski definition) is 3. The van der Waals surface area contributed by atoms with Gasteiger partial charge in [0.25, 0.3) is 0 Å². The lowest BCUT2D eigenvalue weighted by Crippen LogP contribution is -2.25. The van der Waals surface area contributed by atoms with Crippen molar-refractivity contribution in [3.8, 4) is 0 Å². The van der Waals surface area contributed by atoms with Crippen LogP contribution in [0.3, 0.4) is 0 Å². The molecule has 1 aliphatic rings. The molecule has 0 aliphatic carbocycles. The Morgan fingerprint density at radius 3 is 2.60 bits per heavy atom. The predicted molar refractivity (Wildman–Crippen MR) is 60.3 cm³/mol. The molecule has 4 heteroatoms. The normalized spacial score (nSPS) is 21.7. The van der Waals surface area contributed by atoms with Gasteiger partial charge in [0.2, 0.25) is 0 Å². The minimum atomic E-state index is -2.98. The molecule has 0 radical (unpaired) electrons. The van der Waals surface area contributed by atoms with E-state index in [2.05, 4.69) is 5.32 Å². The summed E-state index contributed by atoms with van der Waals surface area (Å²) in [5, 5.41) is 2.89. The number of benzene rings is 1. The van der Waals surface area contributed by atoms with Gasteiger partial charge in [-0.2, -0.15) is 0 Å². The summed E-state index contributed by atoms with van der Waals surface area (Å²) < 4.78 is 23.9. The van der Waals surface area contributed by atoms with E-state index in [1.807, 2.05) is 30.3 Å². The lowest BCUT2D eigenvalue weighted by atomic mass is 10.2. The van der Waals surface area contributed by atoms with Gasteiger partial charge in [0.1, 0.15) is 0 Å². The van der Waals surface area contributed by atoms with E-state index >= 15 is 0 Å². The fraction of sp³-hybridized carbons (Fsp3) is 0.455. The van der Waals surface area contributed by atoms with Crippen LogP contribution in [0.2, 0.25) is 0 Å². The molecule has 0 bridgehead atoms. The molecule has 3 nitrogen and oxygen atoms in total. The van der Waals surface area contributed by atoms with Gasteiger partial charge in [-0.1, -0.05) is 30.3 Å². The second kappa shape index (κ2) is 4.33. The maximum absolute atomic E-state index is 12.0. The summed E-state index contributed by atoms with van der Waals surface area (Å²) in [5.74, 6) is 0.167. The summed E-state index contributed by atoms with van der Waals surface area (Å²) in [5.41, 5.74) is 0.879. The SMILES string of the molecule is O=S(=O)(Cc1ccccc1)[C@@H]1CCNC1. The summed E-state index contributed by atoms with van der Waals surface area (Å²) in [6.07, 6.45) is 0.745. The van der Waals surface area contributed by atoms with Crippen molar-refractivity contribution in [1.82, 2.24) is 5.32 Å². The van der Waals surface area contributed by atoms with Crippen LogP contribution in [0.5, 0.6) is 0 Å². The summed E-state index contributed by atoms with van der Waals surface area (Å²) in [7, 11) is -2.98. The van der Waals surface area contributed by atoms with Gasteiger partial charge in [-0.3, -0.25) is 0 Å². The highest BCUT2D eigenvalue weighted by Crippen LogP contribution is 2.15. The van der Waals surface area contributed by atoms with Crippen LogP contribution in [0.25, 0.3) is 0 Å². The van der Waals surface area contributed by atoms with Crippen molar-refractivity contribution in [2.45, 2.75) is 17.4 Å². The van der Waals surface area contributed by atoms with E-state index in [-0.39, 0.29) is 11.0 Å². The fourth-order valence-corrected chi connectivity index (χ4v) is 3.60. The Bertz CT molecular complexity index is 407. The molecule has 0 aromatic heterocycles. The van der Waals surface area contributed by atoms with E-state index in [1.54, 1.807) is 0 Å². The van der Waals surface area contributed by atoms with Crippen molar-refractivity contribution in [3.63, 3.8) is 0 Å². The maximum atomic E-state index is 12.0. The van der Waals surface area contributed by atoms with E-state index in [1.165, 1.54) is 0 Å². The van der Waals surface area contributed by atoms with Gasteiger partial charge < -0.3 is 5.32 Å². The molecule has 15 heavy (non-hydrogen) atoms. The van der Waals surface area contributed by atoms with Gasteiger partial charge in [-0.05, 0) is 18.5 Å². The Morgan fingerprint density at radius 1 is 1.27 bits per heavy atom. The third-order valence-corrected chi connectivity index (χ3v) is 4.89. The molecule has 1 aliphatic heterocycles. The molecule has 0 spiro atoms. The van der Waals surface area contributed by atoms with Crippen molar-refractivity contribution in [2.24, 2.45) is 0 Å². The van der Waals surface area contributed by atoms with Crippen LogP contribution in [0.1, 0.15) is 12.0 Å². The van der Waals surface area contributed by atoms with Gasteiger partial charge >= 0.3 is 0 Å². The minimum absolute atomic E-state index is 0.167. The Balaban J connectivity index is 2.11. The molecule has 0 amide bonds. The molecule has 1 fully saturated rings. The number of sulfone groups is 1. The van der Waals surface area contributed by atoms with Crippen molar-refractivity contribution >= 4 is 9.84 Å². The molecule has 1 heterocycles. The summed E-state index contributed by atoms with van der Waals surface area (Å²) >= 11 is 0. The van der Waals surface area contributed by atoms with Crippen molar-refractivity contribution in [1.29, 1.82) is 0 Å². The Morgan fingerprint density at radius 2 is 2.00 bits per heavy atom. The highest BCUT2D eigenvalue weighted by molar-refractivity contribution is 7.91. The van der Waals surface area contributed by atoms with Gasteiger partial charge in [-0.15, -0.1) is 0 Å². The Labute approximate surface area is 90.4 Å².